The molecular formula is C17H18N2O4. The van der Waals surface area contributed by atoms with Crippen molar-refractivity contribution in [2.45, 2.75) is 25.7 Å². The van der Waals surface area contributed by atoms with Gasteiger partial charge in [-0.15, -0.1) is 0 Å². The van der Waals surface area contributed by atoms with Crippen LogP contribution in [0.3, 0.4) is 0 Å². The van der Waals surface area contributed by atoms with Crippen LogP contribution in [0.25, 0.3) is 5.69 Å². The van der Waals surface area contributed by atoms with E-state index >= 15 is 0 Å². The average Bonchev–Trinajstić information content (AvgIpc) is 2.87. The Morgan fingerprint density at radius 2 is 1.83 bits per heavy atom. The number of aromatic nitrogens is 2. The van der Waals surface area contributed by atoms with Crippen molar-refractivity contribution in [1.29, 1.82) is 0 Å². The second kappa shape index (κ2) is 6.24. The number of ketones is 1. The zero-order valence-electron chi connectivity index (χ0n) is 13.2. The third kappa shape index (κ3) is 2.72. The van der Waals surface area contributed by atoms with Crippen molar-refractivity contribution in [1.82, 2.24) is 9.78 Å². The standard InChI is InChI=1S/C17H18N2O4/c1-22-12-9-7-11(8-10-12)19-16-13(5-3-4-6-14(16)20)15(18-19)17(21)23-2/h7-10H,3-6H2,1-2H3. The second-order valence-corrected chi connectivity index (χ2v) is 5.41. The number of rotatable bonds is 3. The fourth-order valence-corrected chi connectivity index (χ4v) is 2.85. The van der Waals surface area contributed by atoms with Crippen molar-refractivity contribution in [3.05, 3.63) is 41.2 Å². The van der Waals surface area contributed by atoms with Gasteiger partial charge in [0.25, 0.3) is 0 Å². The Hall–Kier alpha value is -2.63. The molecule has 0 saturated carbocycles. The predicted molar refractivity (Wildman–Crippen MR) is 83.3 cm³/mol. The Kier molecular flexibility index (Phi) is 4.14. The number of carbonyl (C=O) groups excluding carboxylic acids is 2. The van der Waals surface area contributed by atoms with Crippen LogP contribution in [0.5, 0.6) is 5.75 Å². The fraction of sp³-hybridized carbons (Fsp3) is 0.353. The van der Waals surface area contributed by atoms with Gasteiger partial charge in [0, 0.05) is 12.0 Å². The molecule has 0 amide bonds. The molecule has 1 aromatic carbocycles. The number of ether oxygens (including phenoxy) is 2. The van der Waals surface area contributed by atoms with E-state index < -0.39 is 5.97 Å². The first-order valence-electron chi connectivity index (χ1n) is 7.53. The highest BCUT2D eigenvalue weighted by Gasteiger charge is 2.29. The van der Waals surface area contributed by atoms with Crippen LogP contribution >= 0.6 is 0 Å². The molecule has 1 aliphatic rings. The minimum atomic E-state index is -0.511. The number of fused-ring (bicyclic) bond motifs is 1. The monoisotopic (exact) mass is 314 g/mol. The average molecular weight is 314 g/mol. The highest BCUT2D eigenvalue weighted by Crippen LogP contribution is 2.27. The van der Waals surface area contributed by atoms with Gasteiger partial charge in [0.15, 0.2) is 11.5 Å². The Labute approximate surface area is 134 Å². The maximum atomic E-state index is 12.5. The van der Waals surface area contributed by atoms with Crippen molar-refractivity contribution >= 4 is 11.8 Å². The van der Waals surface area contributed by atoms with E-state index in [0.29, 0.717) is 35.5 Å². The summed E-state index contributed by atoms with van der Waals surface area (Å²) in [4.78, 5) is 24.5. The highest BCUT2D eigenvalue weighted by atomic mass is 16.5. The van der Waals surface area contributed by atoms with E-state index in [1.807, 2.05) is 12.1 Å². The highest BCUT2D eigenvalue weighted by molar-refractivity contribution is 6.00. The van der Waals surface area contributed by atoms with Gasteiger partial charge in [-0.3, -0.25) is 4.79 Å². The van der Waals surface area contributed by atoms with Crippen molar-refractivity contribution in [2.24, 2.45) is 0 Å². The van der Waals surface area contributed by atoms with E-state index in [0.717, 1.165) is 12.8 Å². The lowest BCUT2D eigenvalue weighted by Gasteiger charge is -2.07. The summed E-state index contributed by atoms with van der Waals surface area (Å²) in [6.45, 7) is 0. The number of methoxy groups -OCH3 is 2. The predicted octanol–water partition coefficient (Wildman–Crippen LogP) is 2.58. The number of benzene rings is 1. The zero-order chi connectivity index (χ0) is 16.4. The fourth-order valence-electron chi connectivity index (χ4n) is 2.85. The van der Waals surface area contributed by atoms with E-state index in [2.05, 4.69) is 5.10 Å². The van der Waals surface area contributed by atoms with Gasteiger partial charge in [0.05, 0.1) is 19.9 Å². The maximum absolute atomic E-state index is 12.5. The van der Waals surface area contributed by atoms with Crippen molar-refractivity contribution in [3.8, 4) is 11.4 Å². The van der Waals surface area contributed by atoms with Gasteiger partial charge in [-0.05, 0) is 43.5 Å². The number of nitrogens with zero attached hydrogens (tertiary/aromatic N) is 2. The molecule has 23 heavy (non-hydrogen) atoms. The Bertz CT molecular complexity index is 747. The molecule has 0 spiro atoms. The van der Waals surface area contributed by atoms with Crippen LogP contribution in [0.4, 0.5) is 0 Å². The molecule has 0 bridgehead atoms. The third-order valence-electron chi connectivity index (χ3n) is 4.02. The lowest BCUT2D eigenvalue weighted by Crippen LogP contribution is -2.09. The van der Waals surface area contributed by atoms with Crippen LogP contribution < -0.4 is 4.74 Å². The molecule has 1 heterocycles. The summed E-state index contributed by atoms with van der Waals surface area (Å²) < 4.78 is 11.5. The topological polar surface area (TPSA) is 70.4 Å². The molecule has 0 aliphatic heterocycles. The van der Waals surface area contributed by atoms with Crippen molar-refractivity contribution in [2.75, 3.05) is 14.2 Å². The summed E-state index contributed by atoms with van der Waals surface area (Å²) in [6, 6.07) is 7.21. The van der Waals surface area contributed by atoms with Crippen molar-refractivity contribution in [3.63, 3.8) is 0 Å². The van der Waals surface area contributed by atoms with Crippen LogP contribution in [-0.2, 0) is 11.2 Å². The summed E-state index contributed by atoms with van der Waals surface area (Å²) in [5.74, 6) is 0.214. The second-order valence-electron chi connectivity index (χ2n) is 5.41. The third-order valence-corrected chi connectivity index (χ3v) is 4.02. The minimum absolute atomic E-state index is 0.0102. The van der Waals surface area contributed by atoms with Crippen LogP contribution in [-0.4, -0.2) is 35.8 Å². The van der Waals surface area contributed by atoms with E-state index in [-0.39, 0.29) is 11.5 Å². The number of esters is 1. The number of hydrogen-bond donors (Lipinski definition) is 0. The molecule has 6 nitrogen and oxygen atoms in total. The Balaban J connectivity index is 2.17. The first-order valence-corrected chi connectivity index (χ1v) is 7.53. The quantitative estimate of drug-likeness (QED) is 0.643. The lowest BCUT2D eigenvalue weighted by molar-refractivity contribution is 0.0592. The molecule has 3 rings (SSSR count). The summed E-state index contributed by atoms with van der Waals surface area (Å²) in [5.41, 5.74) is 2.13. The molecule has 0 radical (unpaired) electrons. The molecular weight excluding hydrogens is 296 g/mol. The molecule has 120 valence electrons. The molecule has 0 unspecified atom stereocenters. The largest absolute Gasteiger partial charge is 0.497 e. The smallest absolute Gasteiger partial charge is 0.358 e. The minimum Gasteiger partial charge on any atom is -0.497 e. The van der Waals surface area contributed by atoms with Crippen LogP contribution in [0.2, 0.25) is 0 Å². The van der Waals surface area contributed by atoms with Crippen LogP contribution in [0, 0.1) is 0 Å². The summed E-state index contributed by atoms with van der Waals surface area (Å²) in [5, 5.41) is 4.36. The molecule has 0 N–H and O–H groups in total. The molecule has 1 aromatic heterocycles. The molecule has 0 fully saturated rings. The molecule has 0 saturated heterocycles. The lowest BCUT2D eigenvalue weighted by atomic mass is 10.1. The SMILES string of the molecule is COC(=O)c1nn(-c2ccc(OC)cc2)c2c1CCCCC2=O. The van der Waals surface area contributed by atoms with Gasteiger partial charge >= 0.3 is 5.97 Å². The van der Waals surface area contributed by atoms with E-state index in [4.69, 9.17) is 9.47 Å². The summed E-state index contributed by atoms with van der Waals surface area (Å²) in [6.07, 6.45) is 2.80. The first-order chi connectivity index (χ1) is 11.2. The normalized spacial score (nSPS) is 14.1. The Morgan fingerprint density at radius 1 is 1.13 bits per heavy atom. The van der Waals surface area contributed by atoms with Gasteiger partial charge in [-0.25, -0.2) is 9.48 Å². The van der Waals surface area contributed by atoms with Gasteiger partial charge in [0.1, 0.15) is 11.4 Å². The zero-order valence-corrected chi connectivity index (χ0v) is 13.2. The molecule has 1 aliphatic carbocycles. The van der Waals surface area contributed by atoms with Crippen molar-refractivity contribution < 1.29 is 19.1 Å². The van der Waals surface area contributed by atoms with E-state index in [9.17, 15) is 9.59 Å². The van der Waals surface area contributed by atoms with Crippen LogP contribution in [0.1, 0.15) is 45.8 Å². The van der Waals surface area contributed by atoms with Gasteiger partial charge in [-0.1, -0.05) is 0 Å². The molecule has 0 atom stereocenters. The van der Waals surface area contributed by atoms with E-state index in [1.54, 1.807) is 23.9 Å². The van der Waals surface area contributed by atoms with Crippen LogP contribution in [0.15, 0.2) is 24.3 Å². The number of Topliss-reactive ketones (excluding diaryl/α,β-unsaturated/α-hetero) is 1. The number of hydrogen-bond acceptors (Lipinski definition) is 5. The van der Waals surface area contributed by atoms with E-state index in [1.165, 1.54) is 7.11 Å². The van der Waals surface area contributed by atoms with Gasteiger partial charge in [0.2, 0.25) is 0 Å². The molecule has 6 heteroatoms. The summed E-state index contributed by atoms with van der Waals surface area (Å²) in [7, 11) is 2.91. The summed E-state index contributed by atoms with van der Waals surface area (Å²) >= 11 is 0. The first kappa shape index (κ1) is 15.3. The van der Waals surface area contributed by atoms with Gasteiger partial charge < -0.3 is 9.47 Å². The molecule has 2 aromatic rings. The Morgan fingerprint density at radius 3 is 2.48 bits per heavy atom. The number of carbonyl (C=O) groups is 2. The maximum Gasteiger partial charge on any atom is 0.358 e. The van der Waals surface area contributed by atoms with Gasteiger partial charge in [-0.2, -0.15) is 5.10 Å².